The molecular formula is C17H20N4O3S. The molecule has 1 aromatic carbocycles. The van der Waals surface area contributed by atoms with E-state index in [9.17, 15) is 13.2 Å². The van der Waals surface area contributed by atoms with E-state index in [4.69, 9.17) is 0 Å². The zero-order valence-corrected chi connectivity index (χ0v) is 14.7. The Balaban J connectivity index is 1.65. The predicted octanol–water partition coefficient (Wildman–Crippen LogP) is 1.57. The molecule has 0 saturated carbocycles. The van der Waals surface area contributed by atoms with Gasteiger partial charge in [0.25, 0.3) is 5.91 Å². The van der Waals surface area contributed by atoms with Crippen molar-refractivity contribution in [3.8, 4) is 0 Å². The van der Waals surface area contributed by atoms with Crippen molar-refractivity contribution in [3.63, 3.8) is 0 Å². The number of sulfone groups is 1. The van der Waals surface area contributed by atoms with Gasteiger partial charge in [0.15, 0.2) is 9.84 Å². The minimum absolute atomic E-state index is 0.0869. The molecule has 2 heterocycles. The van der Waals surface area contributed by atoms with Crippen molar-refractivity contribution in [2.75, 3.05) is 16.8 Å². The quantitative estimate of drug-likeness (QED) is 0.839. The third-order valence-corrected chi connectivity index (χ3v) is 5.90. The minimum atomic E-state index is -2.97. The number of nitrogens with zero attached hydrogens (tertiary/aromatic N) is 2. The van der Waals surface area contributed by atoms with Gasteiger partial charge in [-0.05, 0) is 18.9 Å². The predicted molar refractivity (Wildman–Crippen MR) is 95.0 cm³/mol. The summed E-state index contributed by atoms with van der Waals surface area (Å²) < 4.78 is 23.1. The fourth-order valence-electron chi connectivity index (χ4n) is 2.77. The second kappa shape index (κ2) is 7.18. The minimum Gasteiger partial charge on any atom is -0.366 e. The Morgan fingerprint density at radius 3 is 2.68 bits per heavy atom. The Labute approximate surface area is 146 Å². The molecule has 2 N–H and O–H groups in total. The molecule has 2 atom stereocenters. The van der Waals surface area contributed by atoms with Crippen LogP contribution in [0.15, 0.2) is 42.7 Å². The fourth-order valence-corrected chi connectivity index (χ4v) is 4.45. The summed E-state index contributed by atoms with van der Waals surface area (Å²) in [5, 5.41) is 5.96. The van der Waals surface area contributed by atoms with E-state index in [0.717, 1.165) is 5.56 Å². The first kappa shape index (κ1) is 17.3. The highest BCUT2D eigenvalue weighted by atomic mass is 32.2. The molecule has 1 aliphatic heterocycles. The van der Waals surface area contributed by atoms with Crippen LogP contribution in [0.5, 0.6) is 0 Å². The molecule has 0 spiro atoms. The molecule has 0 radical (unpaired) electrons. The van der Waals surface area contributed by atoms with E-state index in [-0.39, 0.29) is 35.2 Å². The standard InChI is InChI=1S/C17H20N4O3S/c1-12(13-5-3-2-4-6-13)20-17(22)15-9-16(19-11-18-15)21-14-7-8-25(23,24)10-14/h2-6,9,11-12,14H,7-8,10H2,1H3,(H,20,22)(H,18,19,21). The van der Waals surface area contributed by atoms with E-state index >= 15 is 0 Å². The van der Waals surface area contributed by atoms with E-state index in [1.165, 1.54) is 12.4 Å². The molecule has 132 valence electrons. The normalized spacial score (nSPS) is 20.0. The summed E-state index contributed by atoms with van der Waals surface area (Å²) >= 11 is 0. The first-order valence-electron chi connectivity index (χ1n) is 8.08. The fraction of sp³-hybridized carbons (Fsp3) is 0.353. The van der Waals surface area contributed by atoms with Crippen molar-refractivity contribution < 1.29 is 13.2 Å². The van der Waals surface area contributed by atoms with Gasteiger partial charge in [0, 0.05) is 12.1 Å². The maximum absolute atomic E-state index is 12.4. The van der Waals surface area contributed by atoms with Crippen molar-refractivity contribution in [2.45, 2.75) is 25.4 Å². The number of hydrogen-bond donors (Lipinski definition) is 2. The van der Waals surface area contributed by atoms with E-state index in [2.05, 4.69) is 20.6 Å². The highest BCUT2D eigenvalue weighted by Crippen LogP contribution is 2.17. The zero-order chi connectivity index (χ0) is 17.9. The van der Waals surface area contributed by atoms with Gasteiger partial charge in [-0.25, -0.2) is 18.4 Å². The maximum Gasteiger partial charge on any atom is 0.270 e. The van der Waals surface area contributed by atoms with Gasteiger partial charge in [-0.1, -0.05) is 30.3 Å². The largest absolute Gasteiger partial charge is 0.366 e. The molecule has 0 bridgehead atoms. The van der Waals surface area contributed by atoms with Gasteiger partial charge in [-0.3, -0.25) is 4.79 Å². The first-order chi connectivity index (χ1) is 11.9. The van der Waals surface area contributed by atoms with Crippen LogP contribution in [-0.2, 0) is 9.84 Å². The third kappa shape index (κ3) is 4.54. The average molecular weight is 360 g/mol. The highest BCUT2D eigenvalue weighted by molar-refractivity contribution is 7.91. The molecule has 1 aromatic heterocycles. The Bertz CT molecular complexity index is 855. The van der Waals surface area contributed by atoms with Gasteiger partial charge >= 0.3 is 0 Å². The summed E-state index contributed by atoms with van der Waals surface area (Å²) in [6.45, 7) is 1.90. The summed E-state index contributed by atoms with van der Waals surface area (Å²) in [7, 11) is -2.97. The number of nitrogens with one attached hydrogen (secondary N) is 2. The number of hydrogen-bond acceptors (Lipinski definition) is 6. The van der Waals surface area contributed by atoms with Crippen molar-refractivity contribution in [1.29, 1.82) is 0 Å². The molecule has 25 heavy (non-hydrogen) atoms. The number of amides is 1. The number of aromatic nitrogens is 2. The molecule has 1 fully saturated rings. The lowest BCUT2D eigenvalue weighted by Crippen LogP contribution is -2.28. The molecule has 7 nitrogen and oxygen atoms in total. The van der Waals surface area contributed by atoms with Crippen LogP contribution in [0.3, 0.4) is 0 Å². The van der Waals surface area contributed by atoms with Crippen LogP contribution in [0.4, 0.5) is 5.82 Å². The molecule has 8 heteroatoms. The summed E-state index contributed by atoms with van der Waals surface area (Å²) in [6.07, 6.45) is 1.84. The summed E-state index contributed by atoms with van der Waals surface area (Å²) in [4.78, 5) is 20.5. The first-order valence-corrected chi connectivity index (χ1v) is 9.90. The van der Waals surface area contributed by atoms with E-state index in [0.29, 0.717) is 12.2 Å². The Hall–Kier alpha value is -2.48. The van der Waals surface area contributed by atoms with Crippen LogP contribution in [0.1, 0.15) is 35.4 Å². The van der Waals surface area contributed by atoms with Gasteiger partial charge in [0.05, 0.1) is 17.5 Å². The SMILES string of the molecule is CC(NC(=O)c1cc(NC2CCS(=O)(=O)C2)ncn1)c1ccccc1. The van der Waals surface area contributed by atoms with Gasteiger partial charge in [-0.15, -0.1) is 0 Å². The Morgan fingerprint density at radius 1 is 1.24 bits per heavy atom. The molecule has 1 saturated heterocycles. The lowest BCUT2D eigenvalue weighted by atomic mass is 10.1. The Morgan fingerprint density at radius 2 is 2.00 bits per heavy atom. The molecule has 0 aliphatic carbocycles. The van der Waals surface area contributed by atoms with Gasteiger partial charge < -0.3 is 10.6 Å². The van der Waals surface area contributed by atoms with Crippen LogP contribution >= 0.6 is 0 Å². The van der Waals surface area contributed by atoms with Gasteiger partial charge in [0.2, 0.25) is 0 Å². The molecule has 1 amide bonds. The molecular weight excluding hydrogens is 340 g/mol. The van der Waals surface area contributed by atoms with Crippen LogP contribution in [0.2, 0.25) is 0 Å². The molecule has 2 unspecified atom stereocenters. The highest BCUT2D eigenvalue weighted by Gasteiger charge is 2.28. The van der Waals surface area contributed by atoms with Gasteiger partial charge in [-0.2, -0.15) is 0 Å². The van der Waals surface area contributed by atoms with Crippen molar-refractivity contribution >= 4 is 21.6 Å². The number of rotatable bonds is 5. The summed E-state index contributed by atoms with van der Waals surface area (Å²) in [5.74, 6) is 0.414. The number of carbonyl (C=O) groups excluding carboxylic acids is 1. The van der Waals surface area contributed by atoms with Crippen molar-refractivity contribution in [3.05, 3.63) is 54.0 Å². The topological polar surface area (TPSA) is 101 Å². The Kier molecular flexibility index (Phi) is 4.98. The number of carbonyl (C=O) groups is 1. The monoisotopic (exact) mass is 360 g/mol. The maximum atomic E-state index is 12.4. The van der Waals surface area contributed by atoms with Crippen LogP contribution in [0, 0.1) is 0 Å². The lowest BCUT2D eigenvalue weighted by molar-refractivity contribution is 0.0934. The molecule has 3 rings (SSSR count). The van der Waals surface area contributed by atoms with E-state index in [1.54, 1.807) is 0 Å². The summed E-state index contributed by atoms with van der Waals surface area (Å²) in [5.41, 5.74) is 1.24. The third-order valence-electron chi connectivity index (χ3n) is 4.13. The van der Waals surface area contributed by atoms with E-state index < -0.39 is 9.84 Å². The molecule has 1 aliphatic rings. The molecule has 2 aromatic rings. The lowest BCUT2D eigenvalue weighted by Gasteiger charge is -2.15. The average Bonchev–Trinajstić information content (AvgIpc) is 2.94. The van der Waals surface area contributed by atoms with Crippen molar-refractivity contribution in [1.82, 2.24) is 15.3 Å². The van der Waals surface area contributed by atoms with Crippen LogP contribution in [0.25, 0.3) is 0 Å². The van der Waals surface area contributed by atoms with E-state index in [1.807, 2.05) is 37.3 Å². The zero-order valence-electron chi connectivity index (χ0n) is 13.8. The smallest absolute Gasteiger partial charge is 0.270 e. The second-order valence-corrected chi connectivity index (χ2v) is 8.37. The summed E-state index contributed by atoms with van der Waals surface area (Å²) in [6, 6.07) is 10.8. The number of benzene rings is 1. The van der Waals surface area contributed by atoms with Gasteiger partial charge in [0.1, 0.15) is 17.8 Å². The van der Waals surface area contributed by atoms with Crippen LogP contribution < -0.4 is 10.6 Å². The number of anilines is 1. The van der Waals surface area contributed by atoms with Crippen molar-refractivity contribution in [2.24, 2.45) is 0 Å². The second-order valence-electron chi connectivity index (χ2n) is 6.14. The van der Waals surface area contributed by atoms with Crippen LogP contribution in [-0.4, -0.2) is 41.8 Å².